The summed E-state index contributed by atoms with van der Waals surface area (Å²) in [6.07, 6.45) is 4.26. The number of carbonyl (C=O) groups excluding carboxylic acids is 1. The summed E-state index contributed by atoms with van der Waals surface area (Å²) >= 11 is 3.49. The molecule has 0 aliphatic heterocycles. The summed E-state index contributed by atoms with van der Waals surface area (Å²) in [4.78, 5) is 11.8. The van der Waals surface area contributed by atoms with E-state index in [4.69, 9.17) is 5.73 Å². The molecule has 0 radical (unpaired) electrons. The van der Waals surface area contributed by atoms with Gasteiger partial charge in [0.2, 0.25) is 5.91 Å². The van der Waals surface area contributed by atoms with E-state index in [1.54, 1.807) is 0 Å². The normalized spacial score (nSPS) is 23.0. The summed E-state index contributed by atoms with van der Waals surface area (Å²) in [6, 6.07) is 8.57. The van der Waals surface area contributed by atoms with Crippen molar-refractivity contribution in [2.24, 2.45) is 5.73 Å². The Bertz CT molecular complexity index is 422. The minimum Gasteiger partial charge on any atom is -0.353 e. The lowest BCUT2D eigenvalue weighted by molar-refractivity contribution is -0.121. The monoisotopic (exact) mass is 310 g/mol. The summed E-state index contributed by atoms with van der Waals surface area (Å²) < 4.78 is 1.07. The van der Waals surface area contributed by atoms with Gasteiger partial charge in [-0.3, -0.25) is 4.79 Å². The van der Waals surface area contributed by atoms with Gasteiger partial charge in [-0.2, -0.15) is 0 Å². The second-order valence-corrected chi connectivity index (χ2v) is 5.78. The van der Waals surface area contributed by atoms with Crippen molar-refractivity contribution >= 4 is 21.8 Å². The van der Waals surface area contributed by atoms with Gasteiger partial charge in [0.15, 0.2) is 0 Å². The third-order valence-corrected chi connectivity index (χ3v) is 4.19. The summed E-state index contributed by atoms with van der Waals surface area (Å²) in [7, 11) is 0. The molecule has 0 heterocycles. The molecule has 2 unspecified atom stereocenters. The Morgan fingerprint density at radius 2 is 2.17 bits per heavy atom. The maximum atomic E-state index is 11.8. The van der Waals surface area contributed by atoms with Gasteiger partial charge in [0.25, 0.3) is 0 Å². The predicted octanol–water partition coefficient (Wildman–Crippen LogP) is 2.38. The van der Waals surface area contributed by atoms with Crippen LogP contribution in [-0.2, 0) is 11.2 Å². The molecule has 1 aliphatic carbocycles. The molecule has 0 bridgehead atoms. The van der Waals surface area contributed by atoms with Crippen LogP contribution in [0, 0.1) is 0 Å². The lowest BCUT2D eigenvalue weighted by atomic mass is 10.1. The highest BCUT2D eigenvalue weighted by Gasteiger charge is 2.22. The van der Waals surface area contributed by atoms with Gasteiger partial charge in [0.05, 0.1) is 0 Å². The number of aryl methyl sites for hydroxylation is 1. The second-order valence-electron chi connectivity index (χ2n) is 4.93. The lowest BCUT2D eigenvalue weighted by Crippen LogP contribution is -2.34. The quantitative estimate of drug-likeness (QED) is 0.897. The SMILES string of the molecule is NC1CCC(NC(=O)CCc2ccccc2Br)C1. The highest BCUT2D eigenvalue weighted by molar-refractivity contribution is 9.10. The van der Waals surface area contributed by atoms with Gasteiger partial charge >= 0.3 is 0 Å². The molecule has 0 spiro atoms. The smallest absolute Gasteiger partial charge is 0.220 e. The zero-order chi connectivity index (χ0) is 13.0. The third kappa shape index (κ3) is 3.82. The Kier molecular flexibility index (Phi) is 4.78. The van der Waals surface area contributed by atoms with Crippen LogP contribution >= 0.6 is 15.9 Å². The topological polar surface area (TPSA) is 55.1 Å². The Morgan fingerprint density at radius 1 is 1.39 bits per heavy atom. The van der Waals surface area contributed by atoms with E-state index in [-0.39, 0.29) is 18.0 Å². The van der Waals surface area contributed by atoms with Crippen LogP contribution in [0.3, 0.4) is 0 Å². The van der Waals surface area contributed by atoms with E-state index in [1.807, 2.05) is 24.3 Å². The number of hydrogen-bond donors (Lipinski definition) is 2. The molecule has 1 amide bonds. The zero-order valence-corrected chi connectivity index (χ0v) is 11.9. The summed E-state index contributed by atoms with van der Waals surface area (Å²) in [5.41, 5.74) is 7.00. The predicted molar refractivity (Wildman–Crippen MR) is 76.2 cm³/mol. The summed E-state index contributed by atoms with van der Waals surface area (Å²) in [5.74, 6) is 0.129. The van der Waals surface area contributed by atoms with Crippen molar-refractivity contribution in [3.63, 3.8) is 0 Å². The van der Waals surface area contributed by atoms with Gasteiger partial charge in [-0.15, -0.1) is 0 Å². The summed E-state index contributed by atoms with van der Waals surface area (Å²) in [5, 5.41) is 3.06. The van der Waals surface area contributed by atoms with E-state index in [9.17, 15) is 4.79 Å². The molecule has 18 heavy (non-hydrogen) atoms. The molecule has 1 aromatic carbocycles. The molecule has 0 saturated heterocycles. The maximum Gasteiger partial charge on any atom is 0.220 e. The molecule has 1 aromatic rings. The first-order valence-corrected chi connectivity index (χ1v) is 7.23. The van der Waals surface area contributed by atoms with Gasteiger partial charge in [-0.05, 0) is 37.3 Å². The summed E-state index contributed by atoms with van der Waals surface area (Å²) in [6.45, 7) is 0. The minimum absolute atomic E-state index is 0.129. The van der Waals surface area contributed by atoms with Crippen molar-refractivity contribution in [3.05, 3.63) is 34.3 Å². The van der Waals surface area contributed by atoms with E-state index >= 15 is 0 Å². The Hall–Kier alpha value is -0.870. The molecule has 98 valence electrons. The van der Waals surface area contributed by atoms with Crippen LogP contribution < -0.4 is 11.1 Å². The first-order chi connectivity index (χ1) is 8.65. The maximum absolute atomic E-state index is 11.8. The van der Waals surface area contributed by atoms with Gasteiger partial charge < -0.3 is 11.1 Å². The Morgan fingerprint density at radius 3 is 2.83 bits per heavy atom. The first kappa shape index (κ1) is 13.6. The molecule has 1 aliphatic rings. The van der Waals surface area contributed by atoms with Crippen molar-refractivity contribution in [1.82, 2.24) is 5.32 Å². The van der Waals surface area contributed by atoms with Crippen molar-refractivity contribution in [1.29, 1.82) is 0 Å². The molecule has 1 saturated carbocycles. The number of nitrogens with two attached hydrogens (primary N) is 1. The average Bonchev–Trinajstić information content (AvgIpc) is 2.74. The molecule has 3 N–H and O–H groups in total. The largest absolute Gasteiger partial charge is 0.353 e. The van der Waals surface area contributed by atoms with Gasteiger partial charge in [-0.25, -0.2) is 0 Å². The lowest BCUT2D eigenvalue weighted by Gasteiger charge is -2.12. The molecule has 2 rings (SSSR count). The third-order valence-electron chi connectivity index (χ3n) is 3.42. The fourth-order valence-corrected chi connectivity index (χ4v) is 2.88. The van der Waals surface area contributed by atoms with E-state index < -0.39 is 0 Å². The van der Waals surface area contributed by atoms with E-state index in [2.05, 4.69) is 21.2 Å². The molecule has 3 nitrogen and oxygen atoms in total. The van der Waals surface area contributed by atoms with Gasteiger partial charge in [-0.1, -0.05) is 34.1 Å². The van der Waals surface area contributed by atoms with Crippen molar-refractivity contribution in [3.8, 4) is 0 Å². The number of hydrogen-bond acceptors (Lipinski definition) is 2. The number of nitrogens with one attached hydrogen (secondary N) is 1. The molecule has 0 aromatic heterocycles. The second kappa shape index (κ2) is 6.34. The highest BCUT2D eigenvalue weighted by atomic mass is 79.9. The van der Waals surface area contributed by atoms with Crippen LogP contribution in [0.5, 0.6) is 0 Å². The number of rotatable bonds is 4. The van der Waals surface area contributed by atoms with Gasteiger partial charge in [0.1, 0.15) is 0 Å². The number of carbonyl (C=O) groups is 1. The average molecular weight is 311 g/mol. The van der Waals surface area contributed by atoms with Crippen LogP contribution in [0.4, 0.5) is 0 Å². The molecular weight excluding hydrogens is 292 g/mol. The molecule has 4 heteroatoms. The zero-order valence-electron chi connectivity index (χ0n) is 10.4. The van der Waals surface area contributed by atoms with Gasteiger partial charge in [0, 0.05) is 23.0 Å². The first-order valence-electron chi connectivity index (χ1n) is 6.43. The minimum atomic E-state index is 0.129. The van der Waals surface area contributed by atoms with Crippen LogP contribution in [0.15, 0.2) is 28.7 Å². The number of halogens is 1. The van der Waals surface area contributed by atoms with Crippen molar-refractivity contribution in [2.75, 3.05) is 0 Å². The Labute approximate surface area is 116 Å². The van der Waals surface area contributed by atoms with E-state index in [1.165, 1.54) is 5.56 Å². The van der Waals surface area contributed by atoms with Crippen molar-refractivity contribution in [2.45, 2.75) is 44.2 Å². The molecule has 1 fully saturated rings. The van der Waals surface area contributed by atoms with E-state index in [0.717, 1.165) is 30.2 Å². The van der Waals surface area contributed by atoms with Crippen LogP contribution in [0.25, 0.3) is 0 Å². The van der Waals surface area contributed by atoms with E-state index in [0.29, 0.717) is 6.42 Å². The number of benzene rings is 1. The highest BCUT2D eigenvalue weighted by Crippen LogP contribution is 2.19. The number of amides is 1. The van der Waals surface area contributed by atoms with Crippen LogP contribution in [0.1, 0.15) is 31.2 Å². The molecular formula is C14H19BrN2O. The van der Waals surface area contributed by atoms with Crippen molar-refractivity contribution < 1.29 is 4.79 Å². The molecule has 2 atom stereocenters. The standard InChI is InChI=1S/C14H19BrN2O/c15-13-4-2-1-3-10(13)5-8-14(18)17-12-7-6-11(16)9-12/h1-4,11-12H,5-9,16H2,(H,17,18). The van der Waals surface area contributed by atoms with Crippen LogP contribution in [0.2, 0.25) is 0 Å². The Balaban J connectivity index is 1.77. The van der Waals surface area contributed by atoms with Crippen LogP contribution in [-0.4, -0.2) is 18.0 Å². The fraction of sp³-hybridized carbons (Fsp3) is 0.500. The fourth-order valence-electron chi connectivity index (χ4n) is 2.40.